The second-order valence-electron chi connectivity index (χ2n) is 34.8. The molecule has 0 fully saturated rings. The lowest BCUT2D eigenvalue weighted by atomic mass is 9.85. The van der Waals surface area contributed by atoms with E-state index < -0.39 is 304 Å². The van der Waals surface area contributed by atoms with Crippen LogP contribution in [0, 0.1) is 53.3 Å². The zero-order valence-corrected chi connectivity index (χ0v) is 77.4. The fraction of sp³-hybridized carbons (Fsp3) is 0.526. The first-order valence-electron chi connectivity index (χ1n) is 44.7. The molecule has 1 aliphatic heterocycles. The van der Waals surface area contributed by atoms with Gasteiger partial charge >= 0.3 is 17.9 Å². The van der Waals surface area contributed by atoms with Crippen molar-refractivity contribution in [2.24, 2.45) is 59.0 Å². The zero-order valence-electron chi connectivity index (χ0n) is 76.5. The Bertz CT molecular complexity index is 4820. The molecule has 0 radical (unpaired) electrons. The van der Waals surface area contributed by atoms with Crippen molar-refractivity contribution in [1.29, 1.82) is 0 Å². The summed E-state index contributed by atoms with van der Waals surface area (Å²) in [7, 11) is 0. The van der Waals surface area contributed by atoms with Crippen molar-refractivity contribution in [3.05, 3.63) is 131 Å². The number of fused-ring (bicyclic) bond motifs is 1. The lowest BCUT2D eigenvalue weighted by molar-refractivity contribution is -0.143. The van der Waals surface area contributed by atoms with Gasteiger partial charge in [0, 0.05) is 88.6 Å². The van der Waals surface area contributed by atoms with Crippen molar-refractivity contribution in [3.63, 3.8) is 0 Å². The largest absolute Gasteiger partial charge is 0.508 e. The van der Waals surface area contributed by atoms with E-state index in [1.165, 1.54) is 60.7 Å². The molecule has 736 valence electrons. The van der Waals surface area contributed by atoms with E-state index >= 15 is 0 Å². The summed E-state index contributed by atoms with van der Waals surface area (Å²) in [5.41, 5.74) is 6.87. The predicted molar refractivity (Wildman–Crippen MR) is 485 cm³/mol. The van der Waals surface area contributed by atoms with Gasteiger partial charge in [-0.2, -0.15) is 0 Å². The van der Waals surface area contributed by atoms with Crippen molar-refractivity contribution in [2.45, 2.75) is 225 Å². The summed E-state index contributed by atoms with van der Waals surface area (Å²) < 4.78 is 0. The van der Waals surface area contributed by atoms with Crippen LogP contribution in [0.2, 0.25) is 0 Å². The second kappa shape index (κ2) is 56.5. The number of imide groups is 1. The van der Waals surface area contributed by atoms with E-state index in [1.54, 1.807) is 77.1 Å². The summed E-state index contributed by atoms with van der Waals surface area (Å²) >= 11 is 0.927. The van der Waals surface area contributed by atoms with Crippen LogP contribution in [0.25, 0.3) is 0 Å². The number of aliphatic hydroxyl groups excluding tert-OH is 4. The number of nitrogens with two attached hydrogens (primary N) is 1. The molecule has 5 rings (SSSR count). The molecule has 18 N–H and O–H groups in total. The number of aliphatic hydroxyl groups is 4. The molecule has 0 aromatic heterocycles. The average molecular weight is 1910 g/mol. The summed E-state index contributed by atoms with van der Waals surface area (Å²) in [6.07, 6.45) is -12.4. The molecule has 39 nitrogen and oxygen atoms in total. The number of benzene rings is 4. The Balaban J connectivity index is 1.28. The van der Waals surface area contributed by atoms with Gasteiger partial charge in [-0.25, -0.2) is 0 Å². The Morgan fingerprint density at radius 3 is 1.36 bits per heavy atom. The number of carboxylic acid groups (broad SMARTS) is 3. The maximum atomic E-state index is 14.8. The highest BCUT2D eigenvalue weighted by atomic mass is 32.2. The summed E-state index contributed by atoms with van der Waals surface area (Å²) in [4.78, 5) is 286. The van der Waals surface area contributed by atoms with E-state index in [0.717, 1.165) is 30.5 Å². The number of amides is 10. The van der Waals surface area contributed by atoms with E-state index in [0.29, 0.717) is 11.1 Å². The number of rotatable bonds is 66. The number of aliphatic carboxylic acids is 3. The smallest absolute Gasteiger partial charge is 0.304 e. The zero-order chi connectivity index (χ0) is 101. The predicted octanol–water partition coefficient (Wildman–Crippen LogP) is 2.50. The van der Waals surface area contributed by atoms with Gasteiger partial charge < -0.3 is 88.9 Å². The quantitative estimate of drug-likeness (QED) is 0.0282. The fourth-order valence-electron chi connectivity index (χ4n) is 15.2. The van der Waals surface area contributed by atoms with E-state index in [4.69, 9.17) is 5.73 Å². The van der Waals surface area contributed by atoms with Crippen molar-refractivity contribution in [3.8, 4) is 11.5 Å². The Hall–Kier alpha value is -12.7. The third-order valence-electron chi connectivity index (χ3n) is 23.2. The number of phenolic OH excluding ortho intramolecular Hbond substituents is 2. The number of nitrogens with zero attached hydrogens (tertiary/aromatic N) is 1. The first kappa shape index (κ1) is 113. The Morgan fingerprint density at radius 2 is 0.852 bits per heavy atom. The van der Waals surface area contributed by atoms with Gasteiger partial charge in [-0.15, -0.1) is 11.8 Å². The van der Waals surface area contributed by atoms with Crippen LogP contribution >= 0.6 is 11.8 Å². The molecule has 0 saturated carbocycles. The number of phenols is 2. The standard InChI is InChI=1S/C95H125N9O30S/c1-8-52(4)86(81(118)40-60(34-57-21-26-64(109)27-22-57)89(128)99-73(33-51(2)3)77(114)38-61(42-84(122)123)88(127)98-53(5)20-30-82(96)119)103-91(130)63(47-105)41-78(115)74(36-58-23-28-65(110)29-24-58)100-90(129)62(43-85(124)125)39-79(116)76(48-106)102-93(132)72(55(7)108)45-80(117)75(35-56-15-10-9-11-16-56)101-92(131)71(54(6)107)44-67(112)46-97-87(126)59(25-31-83(120)121)37-68(113)50-135-49-66(111)17-14-32-104-94(133)69-18-12-13-19-70(69)95(104)134/h9-13,15-16,18-19,21-24,26-29,51-55,59-63,71-76,86,105-110H,8,14,17,20,25,30-50H2,1-7H3,(H2,96,119)(H,97,126)(H,98,127)(H,99,128)(H,100,129)(H,101,131)(H,102,132)(H,103,130)(H,120,121)(H,122,123)(H,124,125)/t52-,53+,54+,55+,59+,60+,61-,62-,63-,71-,72-,73-,74-,75-,76-,86-/m0/s1. The van der Waals surface area contributed by atoms with E-state index in [-0.39, 0.29) is 116 Å². The molecular formula is C95H125N9O30S. The summed E-state index contributed by atoms with van der Waals surface area (Å²) in [5.74, 6) is -32.6. The average Bonchev–Trinajstić information content (AvgIpc) is 1.64. The molecule has 4 aromatic rings. The monoisotopic (exact) mass is 1900 g/mol. The maximum absolute atomic E-state index is 14.8. The molecule has 135 heavy (non-hydrogen) atoms. The highest BCUT2D eigenvalue weighted by Gasteiger charge is 2.42. The molecule has 40 heteroatoms. The number of carboxylic acids is 3. The van der Waals surface area contributed by atoms with Crippen LogP contribution in [0.3, 0.4) is 0 Å². The molecule has 0 spiro atoms. The minimum atomic E-state index is -2.01. The van der Waals surface area contributed by atoms with Crippen molar-refractivity contribution < 1.29 is 147 Å². The molecular weight excluding hydrogens is 1780 g/mol. The highest BCUT2D eigenvalue weighted by molar-refractivity contribution is 8.00. The van der Waals surface area contributed by atoms with Gasteiger partial charge in [0.25, 0.3) is 11.8 Å². The SMILES string of the molecule is CC[C@H](C)[C@H](NC(=O)[C@H](CO)CC(=O)[C@H](Cc1ccc(O)cc1)NC(=O)[C@H](CC(=O)O)CC(=O)[C@H](CO)NC(=O)[C@@H](CC(=O)[C@H](Cc1ccccc1)NC(=O)[C@@H](CC(=O)CNC(=O)[C@H](CCC(=O)O)CC(=O)CSCC(=O)CCCN1C(=O)c2ccccc2C1=O)[C@@H](C)O)[C@@H](C)O)C(=O)C[C@@H](Cc1ccc(O)cc1)C(=O)N[C@@H](CC(C)C)C(=O)C[C@@H](CC(=O)O)C(=O)N[C@H](C)CCC(N)=O. The number of primary amides is 1. The van der Waals surface area contributed by atoms with Crippen LogP contribution in [-0.2, 0) is 110 Å². The van der Waals surface area contributed by atoms with Crippen LogP contribution in [0.4, 0.5) is 0 Å². The number of aromatic hydroxyl groups is 2. The minimum Gasteiger partial charge on any atom is -0.508 e. The van der Waals surface area contributed by atoms with Crippen LogP contribution in [-0.4, -0.2) is 260 Å². The normalized spacial score (nSPS) is 15.3. The van der Waals surface area contributed by atoms with Gasteiger partial charge in [0.1, 0.15) is 29.1 Å². The van der Waals surface area contributed by atoms with E-state index in [9.17, 15) is 147 Å². The highest BCUT2D eigenvalue weighted by Crippen LogP contribution is 2.28. The molecule has 16 atom stereocenters. The van der Waals surface area contributed by atoms with Gasteiger partial charge in [0.05, 0.1) is 121 Å². The van der Waals surface area contributed by atoms with E-state index in [2.05, 4.69) is 37.2 Å². The van der Waals surface area contributed by atoms with Crippen LogP contribution < -0.4 is 43.0 Å². The number of nitrogens with one attached hydrogen (secondary N) is 7. The first-order chi connectivity index (χ1) is 63.7. The van der Waals surface area contributed by atoms with Crippen LogP contribution in [0.5, 0.6) is 11.5 Å². The lowest BCUT2D eigenvalue weighted by Crippen LogP contribution is -2.52. The van der Waals surface area contributed by atoms with Crippen molar-refractivity contribution in [2.75, 3.05) is 37.8 Å². The van der Waals surface area contributed by atoms with Crippen LogP contribution in [0.15, 0.2) is 103 Å². The third kappa shape index (κ3) is 38.7. The summed E-state index contributed by atoms with van der Waals surface area (Å²) in [6, 6.07) is 16.2. The Kier molecular flexibility index (Phi) is 47.2. The summed E-state index contributed by atoms with van der Waals surface area (Å²) in [6.45, 7) is 7.37. The number of ketones is 8. The molecule has 0 aliphatic carbocycles. The Morgan fingerprint density at radius 1 is 0.407 bits per heavy atom. The number of hydrogen-bond acceptors (Lipinski definition) is 28. The maximum Gasteiger partial charge on any atom is 0.304 e. The second-order valence-corrected chi connectivity index (χ2v) is 35.7. The Labute approximate surface area is 784 Å². The van der Waals surface area contributed by atoms with Crippen molar-refractivity contribution in [1.82, 2.24) is 42.1 Å². The molecule has 4 aromatic carbocycles. The topological polar surface area (TPSA) is 654 Å². The number of hydrogen-bond donors (Lipinski definition) is 17. The molecule has 1 heterocycles. The van der Waals surface area contributed by atoms with Gasteiger partial charge in [-0.3, -0.25) is 106 Å². The molecule has 0 unspecified atom stereocenters. The number of carbonyl (C=O) groups is 21. The number of Topliss-reactive ketones (excluding diaryl/α,β-unsaturated/α-hetero) is 8. The van der Waals surface area contributed by atoms with Gasteiger partial charge in [0.15, 0.2) is 34.7 Å². The van der Waals surface area contributed by atoms with E-state index in [1.807, 2.05) is 0 Å². The summed E-state index contributed by atoms with van der Waals surface area (Å²) in [5, 5.41) is 111. The van der Waals surface area contributed by atoms with Gasteiger partial charge in [-0.1, -0.05) is 101 Å². The number of thioether (sulfide) groups is 1. The molecule has 0 bridgehead atoms. The number of carbonyl (C=O) groups excluding carboxylic acids is 18. The minimum absolute atomic E-state index is 0.0172. The molecule has 1 aliphatic rings. The third-order valence-corrected chi connectivity index (χ3v) is 24.2. The van der Waals surface area contributed by atoms with Crippen molar-refractivity contribution >= 4 is 135 Å². The first-order valence-corrected chi connectivity index (χ1v) is 45.8. The van der Waals surface area contributed by atoms with Gasteiger partial charge in [0.2, 0.25) is 47.3 Å². The fourth-order valence-corrected chi connectivity index (χ4v) is 16.0. The lowest BCUT2D eigenvalue weighted by Gasteiger charge is -2.28. The molecule has 0 saturated heterocycles. The van der Waals surface area contributed by atoms with Gasteiger partial charge in [-0.05, 0) is 131 Å². The van der Waals surface area contributed by atoms with Crippen LogP contribution in [0.1, 0.15) is 195 Å². The molecule has 10 amide bonds.